The molecule has 0 aromatic rings. The minimum atomic E-state index is -0.0232. The monoisotopic (exact) mass is 225 g/mol. The van der Waals surface area contributed by atoms with Gasteiger partial charge in [-0.3, -0.25) is 0 Å². The molecule has 0 saturated heterocycles. The molecule has 0 radical (unpaired) electrons. The van der Waals surface area contributed by atoms with Crippen molar-refractivity contribution in [3.63, 3.8) is 0 Å². The van der Waals surface area contributed by atoms with Crippen molar-refractivity contribution in [3.05, 3.63) is 0 Å². The van der Waals surface area contributed by atoms with E-state index in [0.29, 0.717) is 5.92 Å². The zero-order valence-electron chi connectivity index (χ0n) is 10.4. The highest BCUT2D eigenvalue weighted by molar-refractivity contribution is 5.18. The summed E-state index contributed by atoms with van der Waals surface area (Å²) in [7, 11) is 1.84. The summed E-state index contributed by atoms with van der Waals surface area (Å²) >= 11 is 0. The van der Waals surface area contributed by atoms with Crippen molar-refractivity contribution in [2.75, 3.05) is 13.7 Å². The van der Waals surface area contributed by atoms with Gasteiger partial charge in [0.2, 0.25) is 0 Å². The minimum absolute atomic E-state index is 0.0172. The highest BCUT2D eigenvalue weighted by atomic mass is 16.5. The molecule has 4 aliphatic rings. The predicted molar refractivity (Wildman–Crippen MR) is 62.2 cm³/mol. The molecule has 4 saturated carbocycles. The van der Waals surface area contributed by atoms with E-state index in [4.69, 9.17) is 15.2 Å². The Bertz CT molecular complexity index is 308. The van der Waals surface area contributed by atoms with E-state index in [1.807, 2.05) is 7.11 Å². The van der Waals surface area contributed by atoms with Gasteiger partial charge in [0.1, 0.15) is 0 Å². The highest BCUT2D eigenvalue weighted by Gasteiger charge is 2.63. The van der Waals surface area contributed by atoms with Crippen LogP contribution in [-0.2, 0) is 9.47 Å². The molecule has 0 spiro atoms. The van der Waals surface area contributed by atoms with Crippen molar-refractivity contribution in [2.24, 2.45) is 11.7 Å². The summed E-state index contributed by atoms with van der Waals surface area (Å²) < 4.78 is 11.9. The summed E-state index contributed by atoms with van der Waals surface area (Å²) in [6.07, 6.45) is 6.69. The van der Waals surface area contributed by atoms with Crippen LogP contribution in [0.25, 0.3) is 0 Å². The molecule has 92 valence electrons. The van der Waals surface area contributed by atoms with Crippen LogP contribution in [0.5, 0.6) is 0 Å². The Morgan fingerprint density at radius 1 is 1.12 bits per heavy atom. The van der Waals surface area contributed by atoms with Crippen LogP contribution >= 0.6 is 0 Å². The number of hydrogen-bond acceptors (Lipinski definition) is 3. The van der Waals surface area contributed by atoms with Gasteiger partial charge in [0.05, 0.1) is 11.2 Å². The number of rotatable bonds is 3. The van der Waals surface area contributed by atoms with E-state index in [-0.39, 0.29) is 16.7 Å². The second-order valence-corrected chi connectivity index (χ2v) is 6.37. The maximum absolute atomic E-state index is 6.54. The van der Waals surface area contributed by atoms with E-state index in [9.17, 15) is 0 Å². The number of hydrogen-bond donors (Lipinski definition) is 1. The molecule has 0 amide bonds. The Balaban J connectivity index is 1.95. The van der Waals surface area contributed by atoms with E-state index in [1.54, 1.807) is 0 Å². The van der Waals surface area contributed by atoms with E-state index in [0.717, 1.165) is 25.9 Å². The van der Waals surface area contributed by atoms with Crippen molar-refractivity contribution in [3.8, 4) is 0 Å². The van der Waals surface area contributed by atoms with Gasteiger partial charge >= 0.3 is 0 Å². The first-order valence-corrected chi connectivity index (χ1v) is 6.51. The topological polar surface area (TPSA) is 44.5 Å². The summed E-state index contributed by atoms with van der Waals surface area (Å²) in [6, 6.07) is 0. The maximum atomic E-state index is 6.54. The fourth-order valence-corrected chi connectivity index (χ4v) is 5.03. The molecule has 16 heavy (non-hydrogen) atoms. The molecular weight excluding hydrogens is 202 g/mol. The normalized spacial score (nSPS) is 54.6. The lowest BCUT2D eigenvalue weighted by Crippen LogP contribution is -2.70. The third-order valence-corrected chi connectivity index (χ3v) is 4.89. The van der Waals surface area contributed by atoms with Crippen molar-refractivity contribution in [2.45, 2.75) is 62.2 Å². The van der Waals surface area contributed by atoms with Crippen LogP contribution < -0.4 is 5.73 Å². The predicted octanol–water partition coefficient (Wildman–Crippen LogP) is 1.84. The highest BCUT2D eigenvalue weighted by Crippen LogP contribution is 2.60. The molecule has 0 aromatic heterocycles. The van der Waals surface area contributed by atoms with E-state index in [1.165, 1.54) is 19.3 Å². The van der Waals surface area contributed by atoms with Crippen molar-refractivity contribution in [1.82, 2.24) is 0 Å². The molecule has 4 rings (SSSR count). The fourth-order valence-electron chi connectivity index (χ4n) is 5.03. The maximum Gasteiger partial charge on any atom is 0.0730 e. The van der Waals surface area contributed by atoms with Gasteiger partial charge in [-0.15, -0.1) is 0 Å². The molecule has 0 aromatic carbocycles. The first-order chi connectivity index (χ1) is 7.53. The molecule has 3 heteroatoms. The molecule has 4 unspecified atom stereocenters. The summed E-state index contributed by atoms with van der Waals surface area (Å²) in [6.45, 7) is 2.88. The van der Waals surface area contributed by atoms with Crippen LogP contribution in [-0.4, -0.2) is 30.5 Å². The summed E-state index contributed by atoms with van der Waals surface area (Å²) in [4.78, 5) is 0. The van der Waals surface area contributed by atoms with Crippen LogP contribution in [0.2, 0.25) is 0 Å². The lowest BCUT2D eigenvalue weighted by Gasteiger charge is -2.64. The lowest BCUT2D eigenvalue weighted by molar-refractivity contribution is -0.232. The van der Waals surface area contributed by atoms with Crippen molar-refractivity contribution >= 4 is 0 Å². The molecule has 0 aliphatic heterocycles. The smallest absolute Gasteiger partial charge is 0.0730 e. The van der Waals surface area contributed by atoms with Gasteiger partial charge in [0, 0.05) is 25.7 Å². The Labute approximate surface area is 97.7 Å². The van der Waals surface area contributed by atoms with Crippen molar-refractivity contribution in [1.29, 1.82) is 0 Å². The number of nitrogens with two attached hydrogens (primary N) is 1. The van der Waals surface area contributed by atoms with Crippen LogP contribution in [0, 0.1) is 5.92 Å². The molecular formula is C13H23NO2. The zero-order chi connectivity index (χ0) is 11.4. The Kier molecular flexibility index (Phi) is 2.21. The van der Waals surface area contributed by atoms with Gasteiger partial charge in [-0.25, -0.2) is 0 Å². The minimum Gasteiger partial charge on any atom is -0.378 e. The van der Waals surface area contributed by atoms with Gasteiger partial charge in [0.15, 0.2) is 0 Å². The average molecular weight is 225 g/mol. The molecule has 4 bridgehead atoms. The van der Waals surface area contributed by atoms with Crippen LogP contribution in [0.3, 0.4) is 0 Å². The summed E-state index contributed by atoms with van der Waals surface area (Å²) in [5.41, 5.74) is 6.56. The second kappa shape index (κ2) is 3.21. The van der Waals surface area contributed by atoms with Gasteiger partial charge in [-0.05, 0) is 44.9 Å². The average Bonchev–Trinajstić information content (AvgIpc) is 2.13. The first kappa shape index (κ1) is 11.0. The Morgan fingerprint density at radius 2 is 1.81 bits per heavy atom. The molecule has 4 fully saturated rings. The molecule has 4 atom stereocenters. The van der Waals surface area contributed by atoms with Crippen LogP contribution in [0.4, 0.5) is 0 Å². The van der Waals surface area contributed by atoms with E-state index < -0.39 is 0 Å². The summed E-state index contributed by atoms with van der Waals surface area (Å²) in [5.74, 6) is 0.716. The van der Waals surface area contributed by atoms with Crippen LogP contribution in [0.1, 0.15) is 45.4 Å². The van der Waals surface area contributed by atoms with Gasteiger partial charge in [0.25, 0.3) is 0 Å². The standard InChI is InChI=1S/C13H23NO2/c1-3-16-13-6-10-4-11(14,8-13)7-12(5-10,9-13)15-2/h10H,3-9,14H2,1-2H3. The van der Waals surface area contributed by atoms with E-state index in [2.05, 4.69) is 6.92 Å². The second-order valence-electron chi connectivity index (χ2n) is 6.37. The van der Waals surface area contributed by atoms with E-state index >= 15 is 0 Å². The summed E-state index contributed by atoms with van der Waals surface area (Å²) in [5, 5.41) is 0. The number of methoxy groups -OCH3 is 1. The fraction of sp³-hybridized carbons (Fsp3) is 1.00. The van der Waals surface area contributed by atoms with Crippen LogP contribution in [0.15, 0.2) is 0 Å². The number of ether oxygens (including phenoxy) is 2. The molecule has 4 aliphatic carbocycles. The first-order valence-electron chi connectivity index (χ1n) is 6.51. The Hall–Kier alpha value is -0.120. The third kappa shape index (κ3) is 1.45. The largest absolute Gasteiger partial charge is 0.378 e. The van der Waals surface area contributed by atoms with Gasteiger partial charge < -0.3 is 15.2 Å². The SMILES string of the molecule is CCOC12CC3CC(N)(CC(OC)(C3)C1)C2. The van der Waals surface area contributed by atoms with Gasteiger partial charge in [-0.1, -0.05) is 0 Å². The third-order valence-electron chi connectivity index (χ3n) is 4.89. The van der Waals surface area contributed by atoms with Crippen molar-refractivity contribution < 1.29 is 9.47 Å². The molecule has 3 nitrogen and oxygen atoms in total. The molecule has 2 N–H and O–H groups in total. The zero-order valence-corrected chi connectivity index (χ0v) is 10.4. The van der Waals surface area contributed by atoms with Gasteiger partial charge in [-0.2, -0.15) is 0 Å². The molecule has 0 heterocycles. The lowest BCUT2D eigenvalue weighted by atomic mass is 9.49. The quantitative estimate of drug-likeness (QED) is 0.797. The Morgan fingerprint density at radius 3 is 2.44 bits per heavy atom.